The second kappa shape index (κ2) is 18.0. The van der Waals surface area contributed by atoms with Gasteiger partial charge >= 0.3 is 0 Å². The van der Waals surface area contributed by atoms with Gasteiger partial charge in [0.15, 0.2) is 0 Å². The number of rotatable bonds is 21. The molecule has 0 fully saturated rings. The average molecular weight is 517 g/mol. The molecule has 0 unspecified atom stereocenters. The van der Waals surface area contributed by atoms with Gasteiger partial charge in [-0.2, -0.15) is 8.42 Å². The van der Waals surface area contributed by atoms with Crippen molar-refractivity contribution < 1.29 is 13.0 Å². The van der Waals surface area contributed by atoms with Crippen LogP contribution in [0.1, 0.15) is 141 Å². The van der Waals surface area contributed by atoms with Gasteiger partial charge in [0.2, 0.25) is 0 Å². The van der Waals surface area contributed by atoms with E-state index in [1.54, 1.807) is 0 Å². The van der Waals surface area contributed by atoms with Crippen molar-refractivity contribution in [3.05, 3.63) is 41.5 Å². The van der Waals surface area contributed by atoms with Crippen molar-refractivity contribution in [1.29, 1.82) is 0 Å². The quantitative estimate of drug-likeness (QED) is 0.133. The van der Waals surface area contributed by atoms with E-state index in [1.807, 2.05) is 24.3 Å². The van der Waals surface area contributed by atoms with Gasteiger partial charge in [-0.1, -0.05) is 141 Å². The Morgan fingerprint density at radius 2 is 1.06 bits per heavy atom. The highest BCUT2D eigenvalue weighted by molar-refractivity contribution is 7.86. The Bertz CT molecular complexity index is 965. The normalized spacial score (nSPS) is 12.0. The molecule has 0 aromatic heterocycles. The van der Waals surface area contributed by atoms with Crippen molar-refractivity contribution in [3.8, 4) is 0 Å². The number of hydrogen-bond acceptors (Lipinski definition) is 2. The highest BCUT2D eigenvalue weighted by atomic mass is 32.2. The monoisotopic (exact) mass is 516 g/mol. The minimum absolute atomic E-state index is 0.195. The number of unbranched alkanes of at least 4 members (excludes halogenated alkanes) is 16. The maximum Gasteiger partial charge on any atom is 0.295 e. The third-order valence-electron chi connectivity index (χ3n) is 7.52. The standard InChI is InChI=1S/C32H52O3S/c1-3-5-7-9-11-13-15-17-19-24-29-27-28-23-21-22-25-30(28)31(32(29)36(33,34)35)26-20-18-16-14-12-10-8-6-4-2/h21-23,25,27H,3-20,24,26H2,1-2H3,(H,33,34,35). The minimum Gasteiger partial charge on any atom is -0.282 e. The van der Waals surface area contributed by atoms with E-state index in [-0.39, 0.29) is 4.90 Å². The first kappa shape index (κ1) is 30.8. The number of benzene rings is 2. The first-order valence-electron chi connectivity index (χ1n) is 15.0. The molecule has 2 aromatic rings. The molecule has 2 rings (SSSR count). The van der Waals surface area contributed by atoms with Gasteiger partial charge in [0.25, 0.3) is 10.1 Å². The molecular formula is C32H52O3S. The van der Waals surface area contributed by atoms with Crippen molar-refractivity contribution in [2.45, 2.75) is 147 Å². The molecule has 0 radical (unpaired) electrons. The third-order valence-corrected chi connectivity index (χ3v) is 8.54. The summed E-state index contributed by atoms with van der Waals surface area (Å²) in [4.78, 5) is 0.195. The number of fused-ring (bicyclic) bond motifs is 1. The molecule has 0 aliphatic heterocycles. The third kappa shape index (κ3) is 11.3. The summed E-state index contributed by atoms with van der Waals surface area (Å²) < 4.78 is 35.5. The summed E-state index contributed by atoms with van der Waals surface area (Å²) in [5, 5.41) is 2.06. The molecule has 4 heteroatoms. The fourth-order valence-corrected chi connectivity index (χ4v) is 6.48. The molecule has 0 atom stereocenters. The second-order valence-electron chi connectivity index (χ2n) is 10.7. The second-order valence-corrected chi connectivity index (χ2v) is 12.1. The molecule has 0 amide bonds. The summed E-state index contributed by atoms with van der Waals surface area (Å²) in [5.74, 6) is 0. The smallest absolute Gasteiger partial charge is 0.282 e. The van der Waals surface area contributed by atoms with E-state index in [9.17, 15) is 13.0 Å². The Morgan fingerprint density at radius 3 is 1.56 bits per heavy atom. The lowest BCUT2D eigenvalue weighted by Gasteiger charge is -2.16. The summed E-state index contributed by atoms with van der Waals surface area (Å²) in [5.41, 5.74) is 1.62. The molecule has 3 nitrogen and oxygen atoms in total. The molecule has 1 N–H and O–H groups in total. The minimum atomic E-state index is -4.28. The molecule has 0 aliphatic rings. The SMILES string of the molecule is CCCCCCCCCCCc1cc2ccccc2c(CCCCCCCCCCC)c1S(=O)(=O)O. The molecule has 0 bridgehead atoms. The number of hydrogen-bond donors (Lipinski definition) is 1. The Hall–Kier alpha value is -1.39. The Kier molecular flexibility index (Phi) is 15.4. The lowest BCUT2D eigenvalue weighted by molar-refractivity contribution is 0.480. The molecule has 0 spiro atoms. The van der Waals surface area contributed by atoms with Crippen molar-refractivity contribution >= 4 is 20.9 Å². The van der Waals surface area contributed by atoms with Crippen molar-refractivity contribution in [2.75, 3.05) is 0 Å². The van der Waals surface area contributed by atoms with Crippen molar-refractivity contribution in [3.63, 3.8) is 0 Å². The maximum atomic E-state index is 12.6. The van der Waals surface area contributed by atoms with Crippen LogP contribution in [0.3, 0.4) is 0 Å². The molecular weight excluding hydrogens is 464 g/mol. The fourth-order valence-electron chi connectivity index (χ4n) is 5.46. The Morgan fingerprint density at radius 1 is 0.611 bits per heavy atom. The number of aryl methyl sites for hydroxylation is 2. The zero-order valence-electron chi connectivity index (χ0n) is 23.2. The molecule has 2 aromatic carbocycles. The van der Waals surface area contributed by atoms with E-state index in [1.165, 1.54) is 89.9 Å². The van der Waals surface area contributed by atoms with E-state index in [4.69, 9.17) is 0 Å². The molecule has 204 valence electrons. The van der Waals surface area contributed by atoms with E-state index in [0.29, 0.717) is 12.8 Å². The van der Waals surface area contributed by atoms with Gasteiger partial charge in [0.1, 0.15) is 4.90 Å². The van der Waals surface area contributed by atoms with E-state index in [0.717, 1.165) is 47.6 Å². The summed E-state index contributed by atoms with van der Waals surface area (Å²) in [6, 6.07) is 10.1. The van der Waals surface area contributed by atoms with Crippen molar-refractivity contribution in [2.24, 2.45) is 0 Å². The van der Waals surface area contributed by atoms with Crippen LogP contribution in [0.15, 0.2) is 35.2 Å². The molecule has 0 aliphatic carbocycles. The van der Waals surface area contributed by atoms with Crippen molar-refractivity contribution in [1.82, 2.24) is 0 Å². The molecule has 36 heavy (non-hydrogen) atoms. The van der Waals surface area contributed by atoms with E-state index < -0.39 is 10.1 Å². The van der Waals surface area contributed by atoms with E-state index >= 15 is 0 Å². The van der Waals surface area contributed by atoms with Crippen LogP contribution in [0.4, 0.5) is 0 Å². The van der Waals surface area contributed by atoms with Gasteiger partial charge in [0, 0.05) is 0 Å². The van der Waals surface area contributed by atoms with Gasteiger partial charge in [-0.15, -0.1) is 0 Å². The van der Waals surface area contributed by atoms with Crippen LogP contribution in [-0.2, 0) is 23.0 Å². The lowest BCUT2D eigenvalue weighted by atomic mass is 9.94. The van der Waals surface area contributed by atoms with Crippen LogP contribution in [0, 0.1) is 0 Å². The first-order chi connectivity index (χ1) is 17.5. The topological polar surface area (TPSA) is 54.4 Å². The first-order valence-corrected chi connectivity index (χ1v) is 16.4. The predicted octanol–water partition coefficient (Wildman–Crippen LogP) is 10.2. The molecule has 0 saturated carbocycles. The molecule has 0 heterocycles. The van der Waals surface area contributed by atoms with Gasteiger partial charge in [-0.25, -0.2) is 0 Å². The van der Waals surface area contributed by atoms with Crippen LogP contribution in [-0.4, -0.2) is 13.0 Å². The summed E-state index contributed by atoms with van der Waals surface area (Å²) in [6.07, 6.45) is 23.6. The summed E-state index contributed by atoms with van der Waals surface area (Å²) in [7, 11) is -4.28. The van der Waals surface area contributed by atoms with Crippen LogP contribution in [0.25, 0.3) is 10.8 Å². The predicted molar refractivity (Wildman–Crippen MR) is 156 cm³/mol. The van der Waals surface area contributed by atoms with Gasteiger partial charge in [-0.05, 0) is 53.6 Å². The fraction of sp³-hybridized carbons (Fsp3) is 0.688. The molecule has 0 saturated heterocycles. The summed E-state index contributed by atoms with van der Waals surface area (Å²) in [6.45, 7) is 4.49. The van der Waals surface area contributed by atoms with Gasteiger partial charge in [-0.3, -0.25) is 4.55 Å². The van der Waals surface area contributed by atoms with E-state index in [2.05, 4.69) is 19.9 Å². The highest BCUT2D eigenvalue weighted by Gasteiger charge is 2.22. The largest absolute Gasteiger partial charge is 0.295 e. The van der Waals surface area contributed by atoms with Crippen LogP contribution in [0.2, 0.25) is 0 Å². The van der Waals surface area contributed by atoms with Gasteiger partial charge in [0.05, 0.1) is 0 Å². The zero-order valence-corrected chi connectivity index (χ0v) is 24.0. The highest BCUT2D eigenvalue weighted by Crippen LogP contribution is 2.32. The van der Waals surface area contributed by atoms with Crippen LogP contribution < -0.4 is 0 Å². The maximum absolute atomic E-state index is 12.6. The van der Waals surface area contributed by atoms with Crippen LogP contribution >= 0.6 is 0 Å². The van der Waals surface area contributed by atoms with Gasteiger partial charge < -0.3 is 0 Å². The zero-order chi connectivity index (χ0) is 26.1. The average Bonchev–Trinajstić information content (AvgIpc) is 2.85. The lowest BCUT2D eigenvalue weighted by Crippen LogP contribution is -2.09. The Labute approximate surface area is 222 Å². The summed E-state index contributed by atoms with van der Waals surface area (Å²) >= 11 is 0. The Balaban J connectivity index is 1.99. The van der Waals surface area contributed by atoms with Crippen LogP contribution in [0.5, 0.6) is 0 Å².